The van der Waals surface area contributed by atoms with Crippen molar-refractivity contribution in [2.45, 2.75) is 58.5 Å². The molecule has 3 rings (SSSR count). The van der Waals surface area contributed by atoms with Gasteiger partial charge in [-0.3, -0.25) is 9.59 Å². The highest BCUT2D eigenvalue weighted by Crippen LogP contribution is 2.24. The van der Waals surface area contributed by atoms with E-state index in [1.807, 2.05) is 36.2 Å². The van der Waals surface area contributed by atoms with Crippen molar-refractivity contribution in [3.63, 3.8) is 0 Å². The van der Waals surface area contributed by atoms with Gasteiger partial charge >= 0.3 is 0 Å². The molecule has 0 bridgehead atoms. The second-order valence-electron chi connectivity index (χ2n) is 8.54. The van der Waals surface area contributed by atoms with Gasteiger partial charge in [0.25, 0.3) is 11.8 Å². The molecule has 2 amide bonds. The summed E-state index contributed by atoms with van der Waals surface area (Å²) in [5.41, 5.74) is 2.43. The van der Waals surface area contributed by atoms with Gasteiger partial charge in [0.15, 0.2) is 0 Å². The molecule has 0 saturated carbocycles. The number of methoxy groups -OCH3 is 1. The number of aryl methyl sites for hydroxylation is 2. The van der Waals surface area contributed by atoms with Crippen LogP contribution in [0.25, 0.3) is 0 Å². The number of nitrogens with zero attached hydrogens (tertiary/aromatic N) is 3. The van der Waals surface area contributed by atoms with E-state index >= 15 is 0 Å². The molecule has 0 fully saturated rings. The highest BCUT2D eigenvalue weighted by atomic mass is 16.5. The first-order valence-corrected chi connectivity index (χ1v) is 12.0. The van der Waals surface area contributed by atoms with Gasteiger partial charge in [-0.1, -0.05) is 19.3 Å². The van der Waals surface area contributed by atoms with Crippen molar-refractivity contribution in [2.75, 3.05) is 38.3 Å². The zero-order chi connectivity index (χ0) is 23.5. The van der Waals surface area contributed by atoms with Gasteiger partial charge < -0.3 is 24.8 Å². The van der Waals surface area contributed by atoms with E-state index in [-0.39, 0.29) is 18.4 Å². The van der Waals surface area contributed by atoms with Crippen LogP contribution in [0.4, 0.5) is 5.69 Å². The molecule has 2 heterocycles. The van der Waals surface area contributed by atoms with E-state index in [4.69, 9.17) is 4.74 Å². The molecule has 8 heteroatoms. The fourth-order valence-corrected chi connectivity index (χ4v) is 4.18. The Morgan fingerprint density at radius 1 is 1.18 bits per heavy atom. The molecular weight excluding hydrogens is 418 g/mol. The third-order valence-corrected chi connectivity index (χ3v) is 6.04. The van der Waals surface area contributed by atoms with Gasteiger partial charge in [0.1, 0.15) is 12.4 Å². The third-order valence-electron chi connectivity index (χ3n) is 6.04. The monoisotopic (exact) mass is 455 g/mol. The number of carbonyl (C=O) groups is 2. The minimum atomic E-state index is -0.0963. The number of fused-ring (bicyclic) bond motifs is 1. The summed E-state index contributed by atoms with van der Waals surface area (Å²) in [7, 11) is 1.54. The number of nitrogens with one attached hydrogen (secondary N) is 2. The maximum atomic E-state index is 12.8. The van der Waals surface area contributed by atoms with Crippen LogP contribution in [-0.4, -0.2) is 54.7 Å². The molecule has 33 heavy (non-hydrogen) atoms. The van der Waals surface area contributed by atoms with E-state index in [1.54, 1.807) is 13.3 Å². The second-order valence-corrected chi connectivity index (χ2v) is 8.54. The molecule has 1 aliphatic rings. The van der Waals surface area contributed by atoms with E-state index in [1.165, 1.54) is 12.8 Å². The van der Waals surface area contributed by atoms with Gasteiger partial charge in [0, 0.05) is 56.9 Å². The number of hydrogen-bond acceptors (Lipinski definition) is 5. The van der Waals surface area contributed by atoms with Crippen LogP contribution in [0.1, 0.15) is 60.3 Å². The van der Waals surface area contributed by atoms with E-state index in [2.05, 4.69) is 20.2 Å². The first-order chi connectivity index (χ1) is 16.1. The zero-order valence-corrected chi connectivity index (χ0v) is 19.9. The van der Waals surface area contributed by atoms with Gasteiger partial charge in [0.2, 0.25) is 0 Å². The van der Waals surface area contributed by atoms with Crippen molar-refractivity contribution < 1.29 is 14.3 Å². The Kier molecular flexibility index (Phi) is 9.90. The minimum Gasteiger partial charge on any atom is -0.375 e. The van der Waals surface area contributed by atoms with E-state index in [9.17, 15) is 9.59 Å². The van der Waals surface area contributed by atoms with Gasteiger partial charge in [0.05, 0.1) is 0 Å². The summed E-state index contributed by atoms with van der Waals surface area (Å²) < 4.78 is 7.19. The van der Waals surface area contributed by atoms with Crippen molar-refractivity contribution in [3.05, 3.63) is 47.5 Å². The first kappa shape index (κ1) is 24.9. The molecule has 8 nitrogen and oxygen atoms in total. The lowest BCUT2D eigenvalue weighted by Gasteiger charge is -2.26. The fraction of sp³-hybridized carbons (Fsp3) is 0.560. The van der Waals surface area contributed by atoms with E-state index < -0.39 is 0 Å². The number of imidazole rings is 1. The smallest absolute Gasteiger partial charge is 0.252 e. The maximum Gasteiger partial charge on any atom is 0.252 e. The number of carbonyl (C=O) groups excluding carboxylic acids is 2. The highest BCUT2D eigenvalue weighted by Gasteiger charge is 2.20. The number of benzene rings is 1. The normalized spacial score (nSPS) is 15.3. The molecule has 1 aromatic heterocycles. The Bertz CT molecular complexity index is 911. The third kappa shape index (κ3) is 7.40. The maximum absolute atomic E-state index is 12.8. The van der Waals surface area contributed by atoms with Gasteiger partial charge in [-0.2, -0.15) is 0 Å². The van der Waals surface area contributed by atoms with Crippen LogP contribution in [-0.2, 0) is 22.6 Å². The summed E-state index contributed by atoms with van der Waals surface area (Å²) in [6.45, 7) is 5.63. The largest absolute Gasteiger partial charge is 0.375 e. The Hall–Kier alpha value is -2.71. The average molecular weight is 456 g/mol. The lowest BCUT2D eigenvalue weighted by atomic mass is 10.0. The number of hydrogen-bond donors (Lipinski definition) is 2. The van der Waals surface area contributed by atoms with Crippen molar-refractivity contribution in [2.24, 2.45) is 0 Å². The van der Waals surface area contributed by atoms with Gasteiger partial charge in [-0.05, 0) is 56.5 Å². The number of rotatable bonds is 7. The molecule has 0 radical (unpaired) electrons. The predicted molar refractivity (Wildman–Crippen MR) is 129 cm³/mol. The molecule has 1 aliphatic heterocycles. The van der Waals surface area contributed by atoms with Crippen molar-refractivity contribution in [1.82, 2.24) is 20.2 Å². The van der Waals surface area contributed by atoms with Crippen LogP contribution in [0, 0.1) is 6.92 Å². The molecule has 0 spiro atoms. The summed E-state index contributed by atoms with van der Waals surface area (Å²) in [6, 6.07) is 5.63. The molecule has 0 unspecified atom stereocenters. The van der Waals surface area contributed by atoms with Crippen molar-refractivity contribution in [3.8, 4) is 0 Å². The van der Waals surface area contributed by atoms with Crippen LogP contribution >= 0.6 is 0 Å². The van der Waals surface area contributed by atoms with Crippen molar-refractivity contribution in [1.29, 1.82) is 0 Å². The number of ether oxygens (including phenoxy) is 1. The highest BCUT2D eigenvalue weighted by molar-refractivity contribution is 5.98. The molecular formula is C25H37N5O3. The molecule has 180 valence electrons. The zero-order valence-electron chi connectivity index (χ0n) is 19.9. The van der Waals surface area contributed by atoms with E-state index in [0.717, 1.165) is 55.8 Å². The average Bonchev–Trinajstić information content (AvgIpc) is 3.21. The number of amides is 2. The Morgan fingerprint density at radius 2 is 2.00 bits per heavy atom. The predicted octanol–water partition coefficient (Wildman–Crippen LogP) is 3.04. The SMILES string of the molecule is COCC(=O)N1CCCCCCCNCc2cc(C(=O)NCCCn3ccnc3C)ccc21. The van der Waals surface area contributed by atoms with E-state index in [0.29, 0.717) is 25.2 Å². The van der Waals surface area contributed by atoms with Crippen LogP contribution in [0.2, 0.25) is 0 Å². The lowest BCUT2D eigenvalue weighted by Crippen LogP contribution is -2.36. The minimum absolute atomic E-state index is 0.0471. The Balaban J connectivity index is 1.70. The molecule has 2 aromatic rings. The number of aromatic nitrogens is 2. The van der Waals surface area contributed by atoms with Gasteiger partial charge in [-0.15, -0.1) is 0 Å². The van der Waals surface area contributed by atoms with Crippen LogP contribution in [0.3, 0.4) is 0 Å². The van der Waals surface area contributed by atoms with Crippen LogP contribution in [0.15, 0.2) is 30.6 Å². The molecule has 0 saturated heterocycles. The number of anilines is 1. The second kappa shape index (κ2) is 13.1. The quantitative estimate of drug-likeness (QED) is 0.627. The Morgan fingerprint density at radius 3 is 2.79 bits per heavy atom. The first-order valence-electron chi connectivity index (χ1n) is 12.0. The lowest BCUT2D eigenvalue weighted by molar-refractivity contribution is -0.122. The molecule has 2 N–H and O–H groups in total. The topological polar surface area (TPSA) is 88.5 Å². The molecule has 1 aromatic carbocycles. The van der Waals surface area contributed by atoms with Crippen LogP contribution in [0.5, 0.6) is 0 Å². The summed E-state index contributed by atoms with van der Waals surface area (Å²) in [5.74, 6) is 0.824. The van der Waals surface area contributed by atoms with Crippen LogP contribution < -0.4 is 15.5 Å². The summed E-state index contributed by atoms with van der Waals surface area (Å²) in [5, 5.41) is 6.50. The summed E-state index contributed by atoms with van der Waals surface area (Å²) in [4.78, 5) is 31.6. The summed E-state index contributed by atoms with van der Waals surface area (Å²) in [6.07, 6.45) is 10.1. The molecule has 0 aliphatic carbocycles. The van der Waals surface area contributed by atoms with Crippen molar-refractivity contribution >= 4 is 17.5 Å². The standard InChI is InChI=1S/C25H37N5O3/c1-20-27-13-16-29(20)14-8-12-28-25(32)21-9-10-23-22(17-21)18-26-11-6-4-3-5-7-15-30(23)24(31)19-33-2/h9-10,13,16-17,26H,3-8,11-12,14-15,18-19H2,1-2H3,(H,28,32). The fourth-order valence-electron chi connectivity index (χ4n) is 4.18. The van der Waals surface area contributed by atoms with Gasteiger partial charge in [-0.25, -0.2) is 4.98 Å². The molecule has 0 atom stereocenters. The Labute approximate surface area is 196 Å². The summed E-state index contributed by atoms with van der Waals surface area (Å²) >= 11 is 0.